The van der Waals surface area contributed by atoms with Gasteiger partial charge in [-0.2, -0.15) is 8.42 Å². The highest BCUT2D eigenvalue weighted by Crippen LogP contribution is 2.38. The number of aromatic hydroxyl groups is 1. The van der Waals surface area contributed by atoms with Crippen LogP contribution in [0.2, 0.25) is 0 Å². The van der Waals surface area contributed by atoms with Crippen molar-refractivity contribution in [2.75, 3.05) is 17.2 Å². The van der Waals surface area contributed by atoms with E-state index in [1.54, 1.807) is 24.3 Å². The van der Waals surface area contributed by atoms with E-state index in [1.165, 1.54) is 18.2 Å². The lowest BCUT2D eigenvalue weighted by molar-refractivity contribution is 0.0981. The van der Waals surface area contributed by atoms with E-state index >= 15 is 0 Å². The van der Waals surface area contributed by atoms with Crippen molar-refractivity contribution in [3.8, 4) is 17.0 Å². The van der Waals surface area contributed by atoms with Gasteiger partial charge < -0.3 is 15.7 Å². The zero-order chi connectivity index (χ0) is 25.5. The average Bonchev–Trinajstić information content (AvgIpc) is 3.04. The van der Waals surface area contributed by atoms with E-state index in [9.17, 15) is 18.3 Å². The Hall–Kier alpha value is -3.66. The predicted molar refractivity (Wildman–Crippen MR) is 135 cm³/mol. The van der Waals surface area contributed by atoms with Crippen LogP contribution in [0.25, 0.3) is 11.3 Å². The molecule has 4 rings (SSSR count). The molecule has 1 aliphatic heterocycles. The highest BCUT2D eigenvalue weighted by molar-refractivity contribution is 7.90. The van der Waals surface area contributed by atoms with Crippen molar-refractivity contribution in [1.82, 2.24) is 14.7 Å². The minimum absolute atomic E-state index is 0.0289. The maximum absolute atomic E-state index is 13.3. The highest BCUT2D eigenvalue weighted by atomic mass is 32.2. The second-order valence-corrected chi connectivity index (χ2v) is 11.3. The van der Waals surface area contributed by atoms with Crippen LogP contribution in [0, 0.1) is 12.8 Å². The number of nitrogens with two attached hydrogens (primary N) is 1. The van der Waals surface area contributed by atoms with Gasteiger partial charge in [-0.15, -0.1) is 0 Å². The zero-order valence-corrected chi connectivity index (χ0v) is 20.9. The number of sulfonamides is 1. The van der Waals surface area contributed by atoms with Crippen LogP contribution < -0.4 is 15.4 Å². The lowest BCUT2D eigenvalue weighted by Crippen LogP contribution is -2.41. The molecule has 0 radical (unpaired) electrons. The van der Waals surface area contributed by atoms with Crippen molar-refractivity contribution in [3.05, 3.63) is 59.7 Å². The third kappa shape index (κ3) is 5.07. The summed E-state index contributed by atoms with van der Waals surface area (Å²) in [6.07, 6.45) is 0.886. The van der Waals surface area contributed by atoms with Crippen molar-refractivity contribution in [1.29, 1.82) is 0 Å². The molecule has 3 aromatic rings. The Balaban J connectivity index is 1.79. The van der Waals surface area contributed by atoms with Gasteiger partial charge in [-0.3, -0.25) is 4.79 Å². The van der Waals surface area contributed by atoms with Gasteiger partial charge >= 0.3 is 0 Å². The summed E-state index contributed by atoms with van der Waals surface area (Å²) in [4.78, 5) is 23.9. The van der Waals surface area contributed by atoms with E-state index in [0.29, 0.717) is 29.5 Å². The van der Waals surface area contributed by atoms with E-state index in [4.69, 9.17) is 10.7 Å². The zero-order valence-electron chi connectivity index (χ0n) is 20.1. The van der Waals surface area contributed by atoms with Crippen molar-refractivity contribution in [3.63, 3.8) is 0 Å². The van der Waals surface area contributed by atoms with Crippen LogP contribution in [0.4, 0.5) is 11.6 Å². The number of nitrogens with one attached hydrogen (secondary N) is 1. The molecule has 3 heterocycles. The number of aromatic nitrogens is 2. The summed E-state index contributed by atoms with van der Waals surface area (Å²) in [5, 5.41) is 9.72. The van der Waals surface area contributed by atoms with Crippen LogP contribution in [0.3, 0.4) is 0 Å². The number of amides is 1. The maximum atomic E-state index is 13.3. The fourth-order valence-electron chi connectivity index (χ4n) is 4.67. The molecule has 184 valence electrons. The fourth-order valence-corrected chi connectivity index (χ4v) is 5.61. The maximum Gasteiger partial charge on any atom is 0.281 e. The van der Waals surface area contributed by atoms with Crippen molar-refractivity contribution in [2.24, 2.45) is 5.92 Å². The second kappa shape index (κ2) is 8.84. The molecule has 0 unspecified atom stereocenters. The fraction of sp³-hybridized carbons (Fsp3) is 0.320. The molecule has 0 saturated carbocycles. The number of phenols is 1. The van der Waals surface area contributed by atoms with Crippen LogP contribution in [0.5, 0.6) is 5.75 Å². The number of pyridine rings is 2. The Morgan fingerprint density at radius 3 is 2.54 bits per heavy atom. The predicted octanol–water partition coefficient (Wildman–Crippen LogP) is 3.48. The van der Waals surface area contributed by atoms with Crippen LogP contribution in [0.1, 0.15) is 43.1 Å². The molecular formula is C25H29N5O4S. The molecule has 35 heavy (non-hydrogen) atoms. The molecule has 1 saturated heterocycles. The van der Waals surface area contributed by atoms with Gasteiger partial charge in [-0.1, -0.05) is 13.0 Å². The quantitative estimate of drug-likeness (QED) is 0.489. The van der Waals surface area contributed by atoms with Gasteiger partial charge in [0.25, 0.3) is 15.9 Å². The summed E-state index contributed by atoms with van der Waals surface area (Å²) < 4.78 is 27.8. The number of carbonyl (C=O) groups excluding carboxylic acids is 1. The first-order chi connectivity index (χ1) is 16.4. The van der Waals surface area contributed by atoms with E-state index in [2.05, 4.69) is 30.5 Å². The number of aryl methyl sites for hydroxylation is 1. The first kappa shape index (κ1) is 24.5. The lowest BCUT2D eigenvalue weighted by Gasteiger charge is -2.34. The SMILES string of the molecule is Cc1cc(O)cc(-c2ccc(C(=O)NS(=O)(=O)c3cccc(N)n3)c(N3C[C@@H](C)CC3(C)C)n2)c1. The number of hydrogen-bond donors (Lipinski definition) is 3. The molecule has 1 aromatic carbocycles. The molecule has 1 fully saturated rings. The number of rotatable bonds is 5. The van der Waals surface area contributed by atoms with E-state index in [-0.39, 0.29) is 27.7 Å². The van der Waals surface area contributed by atoms with E-state index in [0.717, 1.165) is 12.0 Å². The first-order valence-corrected chi connectivity index (χ1v) is 12.7. The first-order valence-electron chi connectivity index (χ1n) is 11.3. The molecule has 0 spiro atoms. The van der Waals surface area contributed by atoms with Gasteiger partial charge in [-0.25, -0.2) is 14.7 Å². The number of nitrogens with zero attached hydrogens (tertiary/aromatic N) is 3. The molecule has 1 aliphatic rings. The summed E-state index contributed by atoms with van der Waals surface area (Å²) in [6.45, 7) is 8.79. The number of nitrogen functional groups attached to an aromatic ring is 1. The number of phenolic OH excluding ortho intramolecular Hbond substituents is 1. The molecule has 9 nitrogen and oxygen atoms in total. The summed E-state index contributed by atoms with van der Waals surface area (Å²) in [6, 6.07) is 12.5. The molecule has 10 heteroatoms. The molecular weight excluding hydrogens is 466 g/mol. The van der Waals surface area contributed by atoms with Gasteiger partial charge in [0, 0.05) is 17.6 Å². The summed E-state index contributed by atoms with van der Waals surface area (Å²) in [5.41, 5.74) is 7.56. The molecule has 4 N–H and O–H groups in total. The van der Waals surface area contributed by atoms with Gasteiger partial charge in [0.1, 0.15) is 17.4 Å². The molecule has 0 aliphatic carbocycles. The van der Waals surface area contributed by atoms with Gasteiger partial charge in [0.15, 0.2) is 5.03 Å². The number of benzene rings is 1. The van der Waals surface area contributed by atoms with Gasteiger partial charge in [0.2, 0.25) is 0 Å². The second-order valence-electron chi connectivity index (χ2n) is 9.69. The highest BCUT2D eigenvalue weighted by Gasteiger charge is 2.39. The summed E-state index contributed by atoms with van der Waals surface area (Å²) in [5.74, 6) is 0.0636. The molecule has 0 bridgehead atoms. The summed E-state index contributed by atoms with van der Waals surface area (Å²) in [7, 11) is -4.25. The van der Waals surface area contributed by atoms with Crippen molar-refractivity contribution >= 4 is 27.6 Å². The van der Waals surface area contributed by atoms with Crippen LogP contribution >= 0.6 is 0 Å². The molecule has 2 aromatic heterocycles. The number of carbonyl (C=O) groups is 1. The third-order valence-corrected chi connectivity index (χ3v) is 7.29. The van der Waals surface area contributed by atoms with Crippen LogP contribution in [-0.4, -0.2) is 41.5 Å². The van der Waals surface area contributed by atoms with Gasteiger partial charge in [-0.05, 0) is 81.1 Å². The molecule has 1 amide bonds. The smallest absolute Gasteiger partial charge is 0.281 e. The number of anilines is 2. The Bertz CT molecular complexity index is 1380. The van der Waals surface area contributed by atoms with Crippen LogP contribution in [0.15, 0.2) is 53.6 Å². The normalized spacial score (nSPS) is 17.4. The minimum Gasteiger partial charge on any atom is -0.508 e. The Labute approximate surface area is 205 Å². The summed E-state index contributed by atoms with van der Waals surface area (Å²) >= 11 is 0. The lowest BCUT2D eigenvalue weighted by atomic mass is 9.97. The number of hydrogen-bond acceptors (Lipinski definition) is 8. The van der Waals surface area contributed by atoms with E-state index < -0.39 is 15.9 Å². The van der Waals surface area contributed by atoms with Crippen LogP contribution in [-0.2, 0) is 10.0 Å². The Kier molecular flexibility index (Phi) is 6.18. The molecule has 1 atom stereocenters. The van der Waals surface area contributed by atoms with Crippen molar-refractivity contribution < 1.29 is 18.3 Å². The monoisotopic (exact) mass is 495 g/mol. The van der Waals surface area contributed by atoms with Gasteiger partial charge in [0.05, 0.1) is 11.3 Å². The topological polar surface area (TPSA) is 139 Å². The largest absolute Gasteiger partial charge is 0.508 e. The minimum atomic E-state index is -4.25. The van der Waals surface area contributed by atoms with E-state index in [1.807, 2.05) is 17.9 Å². The average molecular weight is 496 g/mol. The third-order valence-electron chi connectivity index (χ3n) is 6.05. The Morgan fingerprint density at radius 2 is 1.91 bits per heavy atom. The van der Waals surface area contributed by atoms with Crippen molar-refractivity contribution in [2.45, 2.75) is 44.7 Å². The standard InChI is InChI=1S/C25H29N5O4S/c1-15-10-17(12-18(31)11-15)20-9-8-19(23(27-20)30-14-16(2)13-25(30,3)4)24(32)29-35(33,34)22-7-5-6-21(26)28-22/h5-12,16,31H,13-14H2,1-4H3,(H2,26,28)(H,29,32)/t16-/m0/s1. The Morgan fingerprint density at radius 1 is 1.17 bits per heavy atom.